The van der Waals surface area contributed by atoms with Crippen LogP contribution >= 0.6 is 0 Å². The van der Waals surface area contributed by atoms with Crippen LogP contribution in [0, 0.1) is 11.6 Å². The lowest BCUT2D eigenvalue weighted by atomic mass is 9.95. The summed E-state index contributed by atoms with van der Waals surface area (Å²) in [7, 11) is 4.20. The van der Waals surface area contributed by atoms with Crippen LogP contribution in [-0.2, 0) is 11.2 Å². The first-order chi connectivity index (χ1) is 19.7. The fraction of sp³-hybridized carbons (Fsp3) is 0.455. The molecular formula is C33H38F2N4O2. The first kappa shape index (κ1) is 27.6. The number of pyridine rings is 1. The van der Waals surface area contributed by atoms with Gasteiger partial charge in [0.2, 0.25) is 0 Å². The number of hydrogen-bond donors (Lipinski definition) is 0. The van der Waals surface area contributed by atoms with Crippen LogP contribution in [0.2, 0.25) is 0 Å². The maximum absolute atomic E-state index is 15.3. The number of hydrogen-bond acceptors (Lipinski definition) is 5. The molecule has 3 aliphatic rings. The van der Waals surface area contributed by atoms with E-state index < -0.39 is 5.82 Å². The summed E-state index contributed by atoms with van der Waals surface area (Å²) in [6.45, 7) is 5.34. The predicted molar refractivity (Wildman–Crippen MR) is 158 cm³/mol. The first-order valence-electron chi connectivity index (χ1n) is 14.7. The van der Waals surface area contributed by atoms with E-state index in [4.69, 9.17) is 9.72 Å². The van der Waals surface area contributed by atoms with Gasteiger partial charge in [-0.05, 0) is 112 Å². The highest BCUT2D eigenvalue weighted by molar-refractivity contribution is 5.99. The van der Waals surface area contributed by atoms with Crippen LogP contribution in [0.25, 0.3) is 11.1 Å². The summed E-state index contributed by atoms with van der Waals surface area (Å²) in [4.78, 5) is 23.4. The van der Waals surface area contributed by atoms with Crippen molar-refractivity contribution in [2.45, 2.75) is 64.0 Å². The molecule has 1 saturated carbocycles. The van der Waals surface area contributed by atoms with Gasteiger partial charge in [0.25, 0.3) is 5.91 Å². The summed E-state index contributed by atoms with van der Waals surface area (Å²) in [6.07, 6.45) is 6.53. The van der Waals surface area contributed by atoms with Crippen molar-refractivity contribution in [2.24, 2.45) is 0 Å². The molecule has 0 spiro atoms. The molecule has 41 heavy (non-hydrogen) atoms. The van der Waals surface area contributed by atoms with E-state index in [2.05, 4.69) is 23.9 Å². The molecular weight excluding hydrogens is 522 g/mol. The molecule has 1 amide bonds. The van der Waals surface area contributed by atoms with Crippen LogP contribution in [0.4, 0.5) is 20.2 Å². The lowest BCUT2D eigenvalue weighted by Crippen LogP contribution is -2.43. The number of rotatable bonds is 7. The van der Waals surface area contributed by atoms with Crippen molar-refractivity contribution in [1.82, 2.24) is 9.88 Å². The Morgan fingerprint density at radius 1 is 1.00 bits per heavy atom. The topological polar surface area (TPSA) is 48.9 Å². The quantitative estimate of drug-likeness (QED) is 0.347. The number of anilines is 2. The molecule has 216 valence electrons. The Kier molecular flexibility index (Phi) is 7.45. The summed E-state index contributed by atoms with van der Waals surface area (Å²) < 4.78 is 36.1. The Labute approximate surface area is 240 Å². The first-order valence-corrected chi connectivity index (χ1v) is 14.7. The Morgan fingerprint density at radius 3 is 2.41 bits per heavy atom. The van der Waals surface area contributed by atoms with Crippen LogP contribution in [0.1, 0.15) is 62.3 Å². The molecule has 3 aromatic rings. The van der Waals surface area contributed by atoms with Crippen molar-refractivity contribution in [3.05, 3.63) is 71.1 Å². The SMILES string of the molecule is CC(C)N1C(=O)COc2c(F)cc(-c3cc(Cc4ccc(N5CCC(N(C)C)CC5)c(F)c4)ncc3C3CC3)cc21. The van der Waals surface area contributed by atoms with Crippen molar-refractivity contribution in [2.75, 3.05) is 43.6 Å². The van der Waals surface area contributed by atoms with Crippen molar-refractivity contribution in [3.63, 3.8) is 0 Å². The van der Waals surface area contributed by atoms with Gasteiger partial charge in [0.1, 0.15) is 5.82 Å². The molecule has 2 aromatic carbocycles. The fourth-order valence-electron chi connectivity index (χ4n) is 6.28. The molecule has 6 rings (SSSR count). The Hall–Kier alpha value is -3.52. The number of carbonyl (C=O) groups is 1. The van der Waals surface area contributed by atoms with Gasteiger partial charge in [-0.25, -0.2) is 8.78 Å². The summed E-state index contributed by atoms with van der Waals surface area (Å²) in [6, 6.07) is 11.2. The van der Waals surface area contributed by atoms with E-state index in [9.17, 15) is 4.79 Å². The molecule has 1 aromatic heterocycles. The largest absolute Gasteiger partial charge is 0.478 e. The van der Waals surface area contributed by atoms with Crippen LogP contribution in [0.15, 0.2) is 42.6 Å². The second kappa shape index (κ2) is 11.0. The number of piperidine rings is 1. The molecule has 0 radical (unpaired) electrons. The van der Waals surface area contributed by atoms with Gasteiger partial charge < -0.3 is 19.4 Å². The summed E-state index contributed by atoms with van der Waals surface area (Å²) >= 11 is 0. The molecule has 0 unspecified atom stereocenters. The molecule has 2 fully saturated rings. The molecule has 0 bridgehead atoms. The van der Waals surface area contributed by atoms with E-state index in [1.807, 2.05) is 44.3 Å². The zero-order chi connectivity index (χ0) is 28.8. The third-order valence-corrected chi connectivity index (χ3v) is 8.66. The minimum absolute atomic E-state index is 0.116. The highest BCUT2D eigenvalue weighted by Crippen LogP contribution is 2.46. The number of amides is 1. The van der Waals surface area contributed by atoms with Crippen LogP contribution in [0.3, 0.4) is 0 Å². The number of nitrogens with zero attached hydrogens (tertiary/aromatic N) is 4. The Morgan fingerprint density at radius 2 is 1.76 bits per heavy atom. The van der Waals surface area contributed by atoms with Crippen LogP contribution in [0.5, 0.6) is 5.75 Å². The predicted octanol–water partition coefficient (Wildman–Crippen LogP) is 6.16. The van der Waals surface area contributed by atoms with Gasteiger partial charge in [-0.1, -0.05) is 6.07 Å². The van der Waals surface area contributed by atoms with Gasteiger partial charge in [0, 0.05) is 43.5 Å². The van der Waals surface area contributed by atoms with Crippen LogP contribution < -0.4 is 14.5 Å². The third-order valence-electron chi connectivity index (χ3n) is 8.66. The van der Waals surface area contributed by atoms with Crippen molar-refractivity contribution in [1.29, 1.82) is 0 Å². The third kappa shape index (κ3) is 5.54. The molecule has 1 saturated heterocycles. The molecule has 0 atom stereocenters. The van der Waals surface area contributed by atoms with E-state index in [-0.39, 0.29) is 30.1 Å². The maximum Gasteiger partial charge on any atom is 0.265 e. The Bertz CT molecular complexity index is 1460. The van der Waals surface area contributed by atoms with Gasteiger partial charge in [-0.3, -0.25) is 9.78 Å². The van der Waals surface area contributed by atoms with E-state index in [1.54, 1.807) is 11.0 Å². The number of benzene rings is 2. The van der Waals surface area contributed by atoms with E-state index in [0.29, 0.717) is 35.3 Å². The smallest absolute Gasteiger partial charge is 0.265 e. The number of fused-ring (bicyclic) bond motifs is 1. The Balaban J connectivity index is 1.29. The second-order valence-electron chi connectivity index (χ2n) is 12.1. The molecule has 1 aliphatic carbocycles. The lowest BCUT2D eigenvalue weighted by molar-refractivity contribution is -0.121. The van der Waals surface area contributed by atoms with Crippen molar-refractivity contribution < 1.29 is 18.3 Å². The van der Waals surface area contributed by atoms with E-state index in [1.165, 1.54) is 6.07 Å². The molecule has 2 aliphatic heterocycles. The average Bonchev–Trinajstić information content (AvgIpc) is 3.78. The second-order valence-corrected chi connectivity index (χ2v) is 12.1. The normalized spacial score (nSPS) is 17.8. The van der Waals surface area contributed by atoms with Crippen LogP contribution in [-0.4, -0.2) is 61.7 Å². The fourth-order valence-corrected chi connectivity index (χ4v) is 6.28. The summed E-state index contributed by atoms with van der Waals surface area (Å²) in [5.41, 5.74) is 5.41. The zero-order valence-electron chi connectivity index (χ0n) is 24.3. The number of carbonyl (C=O) groups excluding carboxylic acids is 1. The monoisotopic (exact) mass is 560 g/mol. The maximum atomic E-state index is 15.3. The zero-order valence-corrected chi connectivity index (χ0v) is 24.3. The lowest BCUT2D eigenvalue weighted by Gasteiger charge is -2.36. The van der Waals surface area contributed by atoms with E-state index >= 15 is 8.78 Å². The van der Waals surface area contributed by atoms with Gasteiger partial charge in [0.15, 0.2) is 18.2 Å². The summed E-state index contributed by atoms with van der Waals surface area (Å²) in [5.74, 6) is -0.378. The van der Waals surface area contributed by atoms with Gasteiger partial charge in [0.05, 0.1) is 11.4 Å². The van der Waals surface area contributed by atoms with Crippen molar-refractivity contribution >= 4 is 17.3 Å². The molecule has 3 heterocycles. The average molecular weight is 561 g/mol. The highest BCUT2D eigenvalue weighted by Gasteiger charge is 2.32. The number of ether oxygens (including phenoxy) is 1. The number of halogens is 2. The standard InChI is InChI=1S/C33H38F2N4O2/c1-20(2)39-31-16-23(15-29(35)33(31)41-19-32(39)40)26-17-24(36-18-27(26)22-6-7-22)13-21-5-8-30(28(34)14-21)38-11-9-25(10-12-38)37(3)4/h5,8,14-18,20,22,25H,6-7,9-13,19H2,1-4H3. The minimum atomic E-state index is -0.483. The van der Waals surface area contributed by atoms with Gasteiger partial charge in [-0.2, -0.15) is 0 Å². The van der Waals surface area contributed by atoms with Crippen molar-refractivity contribution in [3.8, 4) is 16.9 Å². The summed E-state index contributed by atoms with van der Waals surface area (Å²) in [5, 5.41) is 0. The molecule has 6 nitrogen and oxygen atoms in total. The minimum Gasteiger partial charge on any atom is -0.478 e. The highest BCUT2D eigenvalue weighted by atomic mass is 19.1. The molecule has 8 heteroatoms. The molecule has 0 N–H and O–H groups in total. The van der Waals surface area contributed by atoms with E-state index in [0.717, 1.165) is 61.2 Å². The van der Waals surface area contributed by atoms with Gasteiger partial charge in [-0.15, -0.1) is 0 Å². The number of aromatic nitrogens is 1. The van der Waals surface area contributed by atoms with Gasteiger partial charge >= 0.3 is 0 Å².